The van der Waals surface area contributed by atoms with Gasteiger partial charge < -0.3 is 26.8 Å². The summed E-state index contributed by atoms with van der Waals surface area (Å²) in [6.07, 6.45) is 0.0592. The van der Waals surface area contributed by atoms with Crippen molar-refractivity contribution < 1.29 is 27.9 Å². The highest BCUT2D eigenvalue weighted by Crippen LogP contribution is 2.26. The number of halogens is 2. The third kappa shape index (κ3) is 8.96. The molecule has 0 fully saturated rings. The molecule has 0 bridgehead atoms. The highest BCUT2D eigenvalue weighted by molar-refractivity contribution is 5.98. The Kier molecular flexibility index (Phi) is 11.4. The number of primary amides is 1. The SMILES string of the molecule is CCOc1ccc(C[C@@H](C(=O)N[C@@H](Cc2ccc(F)c(F)c2)C(=O)NCc2ccc(CN)cc2)c2ccccc2C(N)=O)cc1. The van der Waals surface area contributed by atoms with Crippen LogP contribution in [0.25, 0.3) is 0 Å². The molecule has 10 heteroatoms. The molecule has 3 amide bonds. The van der Waals surface area contributed by atoms with E-state index in [0.717, 1.165) is 28.8 Å². The summed E-state index contributed by atoms with van der Waals surface area (Å²) >= 11 is 0. The topological polar surface area (TPSA) is 137 Å². The quantitative estimate of drug-likeness (QED) is 0.168. The number of amides is 3. The van der Waals surface area contributed by atoms with Crippen LogP contribution in [-0.4, -0.2) is 30.4 Å². The van der Waals surface area contributed by atoms with E-state index in [4.69, 9.17) is 16.2 Å². The first-order chi connectivity index (χ1) is 21.7. The summed E-state index contributed by atoms with van der Waals surface area (Å²) in [5, 5.41) is 5.63. The van der Waals surface area contributed by atoms with Crippen LogP contribution in [0.1, 0.15) is 51.0 Å². The molecular formula is C35H36F2N4O4. The van der Waals surface area contributed by atoms with Gasteiger partial charge in [-0.3, -0.25) is 14.4 Å². The fraction of sp³-hybridized carbons (Fsp3) is 0.229. The lowest BCUT2D eigenvalue weighted by molar-refractivity contribution is -0.129. The first-order valence-electron chi connectivity index (χ1n) is 14.6. The Balaban J connectivity index is 1.63. The average Bonchev–Trinajstić information content (AvgIpc) is 3.05. The zero-order valence-electron chi connectivity index (χ0n) is 24.9. The van der Waals surface area contributed by atoms with Crippen LogP contribution in [0.15, 0.2) is 91.0 Å². The minimum atomic E-state index is -1.16. The zero-order chi connectivity index (χ0) is 32.3. The molecule has 0 heterocycles. The Morgan fingerprint density at radius 3 is 2.07 bits per heavy atom. The molecule has 0 aliphatic carbocycles. The molecule has 6 N–H and O–H groups in total. The molecule has 8 nitrogen and oxygen atoms in total. The number of carbonyl (C=O) groups excluding carboxylic acids is 3. The van der Waals surface area contributed by atoms with E-state index in [1.807, 2.05) is 43.3 Å². The number of carbonyl (C=O) groups is 3. The fourth-order valence-corrected chi connectivity index (χ4v) is 4.98. The minimum absolute atomic E-state index is 0.117. The van der Waals surface area contributed by atoms with E-state index < -0.39 is 41.3 Å². The zero-order valence-corrected chi connectivity index (χ0v) is 24.9. The molecule has 4 aromatic rings. The van der Waals surface area contributed by atoms with Crippen LogP contribution in [0.4, 0.5) is 8.78 Å². The van der Waals surface area contributed by atoms with Gasteiger partial charge >= 0.3 is 0 Å². The third-order valence-electron chi connectivity index (χ3n) is 7.37. The van der Waals surface area contributed by atoms with Crippen molar-refractivity contribution in [2.75, 3.05) is 6.61 Å². The van der Waals surface area contributed by atoms with Crippen molar-refractivity contribution in [1.82, 2.24) is 10.6 Å². The van der Waals surface area contributed by atoms with Crippen LogP contribution in [-0.2, 0) is 35.5 Å². The summed E-state index contributed by atoms with van der Waals surface area (Å²) in [6.45, 7) is 2.91. The molecule has 0 spiro atoms. The lowest BCUT2D eigenvalue weighted by atomic mass is 9.87. The van der Waals surface area contributed by atoms with E-state index in [1.165, 1.54) is 12.1 Å². The Hall–Kier alpha value is -5.09. The molecule has 4 rings (SSSR count). The summed E-state index contributed by atoms with van der Waals surface area (Å²) in [5.41, 5.74) is 14.7. The molecule has 0 aliphatic rings. The average molecular weight is 615 g/mol. The lowest BCUT2D eigenvalue weighted by Gasteiger charge is -2.24. The molecule has 0 aliphatic heterocycles. The number of ether oxygens (including phenoxy) is 1. The molecular weight excluding hydrogens is 578 g/mol. The van der Waals surface area contributed by atoms with Gasteiger partial charge in [0, 0.05) is 25.1 Å². The Bertz CT molecular complexity index is 1630. The third-order valence-corrected chi connectivity index (χ3v) is 7.37. The van der Waals surface area contributed by atoms with Gasteiger partial charge in [0.2, 0.25) is 17.7 Å². The van der Waals surface area contributed by atoms with Crippen LogP contribution < -0.4 is 26.8 Å². The second-order valence-corrected chi connectivity index (χ2v) is 10.5. The van der Waals surface area contributed by atoms with Crippen LogP contribution >= 0.6 is 0 Å². The van der Waals surface area contributed by atoms with Gasteiger partial charge in [-0.15, -0.1) is 0 Å². The van der Waals surface area contributed by atoms with Crippen LogP contribution in [0, 0.1) is 11.6 Å². The molecule has 4 aromatic carbocycles. The Morgan fingerprint density at radius 2 is 1.42 bits per heavy atom. The number of rotatable bonds is 14. The summed E-state index contributed by atoms with van der Waals surface area (Å²) in [7, 11) is 0. The van der Waals surface area contributed by atoms with E-state index in [1.54, 1.807) is 30.3 Å². The molecule has 0 saturated carbocycles. The van der Waals surface area contributed by atoms with Gasteiger partial charge in [-0.1, -0.05) is 60.7 Å². The highest BCUT2D eigenvalue weighted by Gasteiger charge is 2.29. The Morgan fingerprint density at radius 1 is 0.778 bits per heavy atom. The molecule has 45 heavy (non-hydrogen) atoms. The number of hydrogen-bond donors (Lipinski definition) is 4. The van der Waals surface area contributed by atoms with Crippen molar-refractivity contribution in [2.24, 2.45) is 11.5 Å². The van der Waals surface area contributed by atoms with Crippen molar-refractivity contribution in [3.05, 3.63) is 136 Å². The second-order valence-electron chi connectivity index (χ2n) is 10.5. The van der Waals surface area contributed by atoms with E-state index in [2.05, 4.69) is 10.6 Å². The van der Waals surface area contributed by atoms with Crippen LogP contribution in [0.5, 0.6) is 5.75 Å². The predicted octanol–water partition coefficient (Wildman–Crippen LogP) is 4.29. The predicted molar refractivity (Wildman–Crippen MR) is 167 cm³/mol. The summed E-state index contributed by atoms with van der Waals surface area (Å²) < 4.78 is 33.3. The monoisotopic (exact) mass is 614 g/mol. The summed E-state index contributed by atoms with van der Waals surface area (Å²) in [4.78, 5) is 39.9. The number of nitrogens with one attached hydrogen (secondary N) is 2. The maximum absolute atomic E-state index is 14.1. The molecule has 0 aromatic heterocycles. The van der Waals surface area contributed by atoms with Crippen molar-refractivity contribution in [1.29, 1.82) is 0 Å². The van der Waals surface area contributed by atoms with Gasteiger partial charge in [-0.25, -0.2) is 8.78 Å². The molecule has 234 valence electrons. The fourth-order valence-electron chi connectivity index (χ4n) is 4.98. The van der Waals surface area contributed by atoms with Crippen molar-refractivity contribution in [3.63, 3.8) is 0 Å². The van der Waals surface area contributed by atoms with Gasteiger partial charge in [0.25, 0.3) is 0 Å². The minimum Gasteiger partial charge on any atom is -0.494 e. The first-order valence-corrected chi connectivity index (χ1v) is 14.6. The van der Waals surface area contributed by atoms with Gasteiger partial charge in [-0.2, -0.15) is 0 Å². The second kappa shape index (κ2) is 15.6. The maximum Gasteiger partial charge on any atom is 0.249 e. The van der Waals surface area contributed by atoms with Gasteiger partial charge in [0.05, 0.1) is 12.5 Å². The normalized spacial score (nSPS) is 12.2. The maximum atomic E-state index is 14.1. The van der Waals surface area contributed by atoms with Gasteiger partial charge in [0.1, 0.15) is 11.8 Å². The van der Waals surface area contributed by atoms with E-state index in [9.17, 15) is 23.2 Å². The molecule has 0 saturated heterocycles. The number of hydrogen-bond acceptors (Lipinski definition) is 5. The van der Waals surface area contributed by atoms with Gasteiger partial charge in [0.15, 0.2) is 11.6 Å². The Labute approximate surface area is 260 Å². The molecule has 2 atom stereocenters. The molecule has 0 unspecified atom stereocenters. The number of benzene rings is 4. The van der Waals surface area contributed by atoms with Crippen LogP contribution in [0.3, 0.4) is 0 Å². The van der Waals surface area contributed by atoms with Crippen molar-refractivity contribution >= 4 is 17.7 Å². The summed E-state index contributed by atoms with van der Waals surface area (Å²) in [6, 6.07) is 23.3. The smallest absolute Gasteiger partial charge is 0.249 e. The number of nitrogens with two attached hydrogens (primary N) is 2. The van der Waals surface area contributed by atoms with Crippen molar-refractivity contribution in [2.45, 2.75) is 44.8 Å². The van der Waals surface area contributed by atoms with E-state index >= 15 is 0 Å². The highest BCUT2D eigenvalue weighted by atomic mass is 19.2. The first kappa shape index (κ1) is 32.8. The largest absolute Gasteiger partial charge is 0.494 e. The summed E-state index contributed by atoms with van der Waals surface area (Å²) in [5.74, 6) is -4.13. The van der Waals surface area contributed by atoms with Gasteiger partial charge in [-0.05, 0) is 71.5 Å². The van der Waals surface area contributed by atoms with E-state index in [0.29, 0.717) is 30.0 Å². The molecule has 0 radical (unpaired) electrons. The van der Waals surface area contributed by atoms with Crippen LogP contribution in [0.2, 0.25) is 0 Å². The lowest BCUT2D eigenvalue weighted by Crippen LogP contribution is -2.49. The van der Waals surface area contributed by atoms with E-state index in [-0.39, 0.29) is 24.9 Å². The standard InChI is InChI=1S/C35H36F2N4O4/c1-2-45-26-14-11-22(12-15-26)17-29(27-5-3-4-6-28(27)33(39)42)34(43)41-32(19-25-13-16-30(36)31(37)18-25)35(44)40-21-24-9-7-23(20-38)8-10-24/h3-16,18,29,32H,2,17,19-21,38H2,1H3,(H2,39,42)(H,40,44)(H,41,43)/t29-,32+/m1/s1. The van der Waals surface area contributed by atoms with Crippen molar-refractivity contribution in [3.8, 4) is 5.75 Å².